The van der Waals surface area contributed by atoms with Gasteiger partial charge in [-0.05, 0) is 30.2 Å². The van der Waals surface area contributed by atoms with Crippen LogP contribution in [0.5, 0.6) is 5.75 Å². The summed E-state index contributed by atoms with van der Waals surface area (Å²) in [5, 5.41) is 2.91. The molecule has 0 saturated heterocycles. The van der Waals surface area contributed by atoms with Crippen molar-refractivity contribution in [3.05, 3.63) is 65.7 Å². The summed E-state index contributed by atoms with van der Waals surface area (Å²) < 4.78 is 10.4. The summed E-state index contributed by atoms with van der Waals surface area (Å²) in [7, 11) is 3.12. The summed E-state index contributed by atoms with van der Waals surface area (Å²) in [6.45, 7) is 3.87. The first-order valence-corrected chi connectivity index (χ1v) is 9.21. The number of hydrogen-bond donors (Lipinski definition) is 1. The highest BCUT2D eigenvalue weighted by Gasteiger charge is 2.32. The van der Waals surface area contributed by atoms with Gasteiger partial charge >= 0.3 is 0 Å². The van der Waals surface area contributed by atoms with Crippen LogP contribution in [0.25, 0.3) is 0 Å². The van der Waals surface area contributed by atoms with Crippen LogP contribution in [0.2, 0.25) is 0 Å². The highest BCUT2D eigenvalue weighted by Crippen LogP contribution is 2.25. The van der Waals surface area contributed by atoms with Gasteiger partial charge in [0, 0.05) is 20.6 Å². The molecule has 0 fully saturated rings. The summed E-state index contributed by atoms with van der Waals surface area (Å²) in [6, 6.07) is 16.1. The highest BCUT2D eigenvalue weighted by atomic mass is 16.5. The van der Waals surface area contributed by atoms with Crippen LogP contribution in [0.3, 0.4) is 0 Å². The lowest BCUT2D eigenvalue weighted by atomic mass is 10.0. The Morgan fingerprint density at radius 1 is 1.04 bits per heavy atom. The van der Waals surface area contributed by atoms with E-state index in [1.54, 1.807) is 12.0 Å². The Balaban J connectivity index is 2.19. The molecule has 0 unspecified atom stereocenters. The third kappa shape index (κ3) is 5.57. The molecule has 6 heteroatoms. The van der Waals surface area contributed by atoms with Crippen LogP contribution in [-0.4, -0.2) is 43.6 Å². The molecule has 2 aromatic rings. The molecule has 2 amide bonds. The Bertz CT molecular complexity index is 762. The number of benzene rings is 2. The first-order valence-electron chi connectivity index (χ1n) is 9.21. The van der Waals surface area contributed by atoms with Gasteiger partial charge in [0.1, 0.15) is 11.8 Å². The van der Waals surface area contributed by atoms with Crippen molar-refractivity contribution in [1.29, 1.82) is 0 Å². The zero-order chi connectivity index (χ0) is 20.5. The highest BCUT2D eigenvalue weighted by molar-refractivity contribution is 5.87. The number of carbonyl (C=O) groups is 2. The summed E-state index contributed by atoms with van der Waals surface area (Å²) in [6.07, 6.45) is 0. The van der Waals surface area contributed by atoms with Crippen LogP contribution in [-0.2, 0) is 20.9 Å². The predicted octanol–water partition coefficient (Wildman–Crippen LogP) is 2.94. The topological polar surface area (TPSA) is 67.9 Å². The quantitative estimate of drug-likeness (QED) is 0.722. The molecule has 0 radical (unpaired) electrons. The monoisotopic (exact) mass is 384 g/mol. The normalized spacial score (nSPS) is 12.7. The molecule has 2 rings (SSSR count). The number of nitrogens with zero attached hydrogens (tertiary/aromatic N) is 1. The molecule has 0 aliphatic rings. The third-order valence-electron chi connectivity index (χ3n) is 4.65. The van der Waals surface area contributed by atoms with Crippen LogP contribution in [0.15, 0.2) is 54.6 Å². The van der Waals surface area contributed by atoms with E-state index in [0.29, 0.717) is 6.54 Å². The average molecular weight is 384 g/mol. The summed E-state index contributed by atoms with van der Waals surface area (Å²) >= 11 is 0. The number of ether oxygens (including phenoxy) is 2. The average Bonchev–Trinajstić information content (AvgIpc) is 2.72. The van der Waals surface area contributed by atoms with Crippen LogP contribution in [0.4, 0.5) is 0 Å². The Kier molecular flexibility index (Phi) is 8.02. The van der Waals surface area contributed by atoms with Gasteiger partial charge in [0.05, 0.1) is 19.8 Å². The van der Waals surface area contributed by atoms with E-state index in [9.17, 15) is 9.59 Å². The molecule has 0 aliphatic heterocycles. The number of methoxy groups -OCH3 is 2. The van der Waals surface area contributed by atoms with Crippen molar-refractivity contribution < 1.29 is 19.1 Å². The minimum atomic E-state index is -0.733. The van der Waals surface area contributed by atoms with Crippen molar-refractivity contribution in [2.75, 3.05) is 20.8 Å². The molecule has 0 aliphatic carbocycles. The smallest absolute Gasteiger partial charge is 0.245 e. The first kappa shape index (κ1) is 21.4. The maximum Gasteiger partial charge on any atom is 0.245 e. The third-order valence-corrected chi connectivity index (χ3v) is 4.65. The fourth-order valence-corrected chi connectivity index (χ4v) is 3.15. The second-order valence-electron chi connectivity index (χ2n) is 6.55. The standard InChI is InChI=1S/C22H28N2O4/c1-16(19-10-12-20(28-4)13-11-19)24(17(2)25)21(15-27-3)22(26)23-14-18-8-6-5-7-9-18/h5-13,16,21H,14-15H2,1-4H3,(H,23,26)/t16-,21+/m0/s1. The largest absolute Gasteiger partial charge is 0.497 e. The second kappa shape index (κ2) is 10.5. The molecule has 0 bridgehead atoms. The Morgan fingerprint density at radius 2 is 1.68 bits per heavy atom. The Labute approximate surface area is 166 Å². The van der Waals surface area contributed by atoms with E-state index >= 15 is 0 Å². The van der Waals surface area contributed by atoms with E-state index in [1.165, 1.54) is 14.0 Å². The van der Waals surface area contributed by atoms with Gasteiger partial charge in [0.2, 0.25) is 11.8 Å². The van der Waals surface area contributed by atoms with Crippen molar-refractivity contribution in [3.63, 3.8) is 0 Å². The molecule has 1 N–H and O–H groups in total. The lowest BCUT2D eigenvalue weighted by molar-refractivity contribution is -0.143. The van der Waals surface area contributed by atoms with Gasteiger partial charge in [-0.2, -0.15) is 0 Å². The van der Waals surface area contributed by atoms with Crippen molar-refractivity contribution in [2.45, 2.75) is 32.5 Å². The van der Waals surface area contributed by atoms with Crippen molar-refractivity contribution in [3.8, 4) is 5.75 Å². The number of rotatable bonds is 9. The predicted molar refractivity (Wildman–Crippen MR) is 108 cm³/mol. The maximum atomic E-state index is 12.9. The Morgan fingerprint density at radius 3 is 2.21 bits per heavy atom. The molecule has 2 atom stereocenters. The summed E-state index contributed by atoms with van der Waals surface area (Å²) in [5.74, 6) is 0.292. The summed E-state index contributed by atoms with van der Waals surface area (Å²) in [5.41, 5.74) is 1.90. The number of amides is 2. The van der Waals surface area contributed by atoms with Gasteiger partial charge in [-0.1, -0.05) is 42.5 Å². The van der Waals surface area contributed by atoms with E-state index in [-0.39, 0.29) is 24.5 Å². The molecular formula is C22H28N2O4. The zero-order valence-electron chi connectivity index (χ0n) is 16.8. The van der Waals surface area contributed by atoms with Gasteiger partial charge in [-0.15, -0.1) is 0 Å². The lowest BCUT2D eigenvalue weighted by Gasteiger charge is -2.35. The van der Waals surface area contributed by atoms with Gasteiger partial charge in [-0.25, -0.2) is 0 Å². The van der Waals surface area contributed by atoms with Gasteiger partial charge in [0.25, 0.3) is 0 Å². The molecule has 0 heterocycles. The minimum absolute atomic E-state index is 0.112. The van der Waals surface area contributed by atoms with Crippen LogP contribution >= 0.6 is 0 Å². The molecule has 28 heavy (non-hydrogen) atoms. The van der Waals surface area contributed by atoms with Crippen molar-refractivity contribution >= 4 is 11.8 Å². The van der Waals surface area contributed by atoms with Crippen LogP contribution in [0, 0.1) is 0 Å². The SMILES string of the molecule is COC[C@H](C(=O)NCc1ccccc1)N(C(C)=O)[C@@H](C)c1ccc(OC)cc1. The second-order valence-corrected chi connectivity index (χ2v) is 6.55. The number of nitrogens with one attached hydrogen (secondary N) is 1. The van der Waals surface area contributed by atoms with E-state index < -0.39 is 6.04 Å². The molecule has 0 spiro atoms. The fourth-order valence-electron chi connectivity index (χ4n) is 3.15. The van der Waals surface area contributed by atoms with Crippen LogP contribution in [0.1, 0.15) is 31.0 Å². The van der Waals surface area contributed by atoms with Crippen LogP contribution < -0.4 is 10.1 Å². The zero-order valence-corrected chi connectivity index (χ0v) is 16.8. The van der Waals surface area contributed by atoms with E-state index in [1.807, 2.05) is 61.5 Å². The lowest BCUT2D eigenvalue weighted by Crippen LogP contribution is -2.52. The molecular weight excluding hydrogens is 356 g/mol. The first-order chi connectivity index (χ1) is 13.5. The number of carbonyl (C=O) groups excluding carboxylic acids is 2. The molecule has 150 valence electrons. The molecule has 2 aromatic carbocycles. The minimum Gasteiger partial charge on any atom is -0.497 e. The Hall–Kier alpha value is -2.86. The van der Waals surface area contributed by atoms with E-state index in [4.69, 9.17) is 9.47 Å². The fraction of sp³-hybridized carbons (Fsp3) is 0.364. The van der Waals surface area contributed by atoms with Crippen molar-refractivity contribution in [1.82, 2.24) is 10.2 Å². The van der Waals surface area contributed by atoms with Gasteiger partial charge < -0.3 is 19.7 Å². The maximum absolute atomic E-state index is 12.9. The van der Waals surface area contributed by atoms with Crippen molar-refractivity contribution in [2.24, 2.45) is 0 Å². The molecule has 0 saturated carbocycles. The molecule has 6 nitrogen and oxygen atoms in total. The number of hydrogen-bond acceptors (Lipinski definition) is 4. The molecule has 0 aromatic heterocycles. The van der Waals surface area contributed by atoms with Gasteiger partial charge in [0.15, 0.2) is 0 Å². The van der Waals surface area contributed by atoms with E-state index in [0.717, 1.165) is 16.9 Å². The summed E-state index contributed by atoms with van der Waals surface area (Å²) in [4.78, 5) is 26.9. The van der Waals surface area contributed by atoms with E-state index in [2.05, 4.69) is 5.32 Å². The van der Waals surface area contributed by atoms with Gasteiger partial charge in [-0.3, -0.25) is 9.59 Å².